The van der Waals surface area contributed by atoms with Gasteiger partial charge in [0.15, 0.2) is 0 Å². The second-order valence-corrected chi connectivity index (χ2v) is 7.73. The molecule has 8 nitrogen and oxygen atoms in total. The molecule has 1 unspecified atom stereocenters. The molecule has 1 aromatic heterocycles. The standard InChI is InChI=1S/C23H22BN3O5/c25-20-6-1-2-11-27(20)14-16-9-7-15(8-10-16)12-21(28)26-19-13-17-4-3-5-18(23(29)30)22(17)32-24(19)31/h1-11,19,25,31H,12-14H2,(H2,26,28,29,30)/p+1. The SMILES string of the molecule is Nc1cccc[n+]1Cc1ccc(CC(=O)NC2Cc3cccc(C(=O)O)c3OB2O)cc1. The zero-order valence-corrected chi connectivity index (χ0v) is 17.3. The molecule has 2 aromatic carbocycles. The number of carboxylic acid groups (broad SMARTS) is 1. The number of carboxylic acids is 1. The van der Waals surface area contributed by atoms with Crippen LogP contribution >= 0.6 is 0 Å². The van der Waals surface area contributed by atoms with Crippen molar-refractivity contribution in [1.82, 2.24) is 5.32 Å². The van der Waals surface area contributed by atoms with Crippen LogP contribution in [-0.4, -0.2) is 35.1 Å². The van der Waals surface area contributed by atoms with E-state index in [1.54, 1.807) is 12.1 Å². The largest absolute Gasteiger partial charge is 0.547 e. The van der Waals surface area contributed by atoms with Crippen LogP contribution in [0.2, 0.25) is 0 Å². The van der Waals surface area contributed by atoms with Gasteiger partial charge in [0.25, 0.3) is 5.82 Å². The van der Waals surface area contributed by atoms with E-state index < -0.39 is 19.0 Å². The molecule has 32 heavy (non-hydrogen) atoms. The Kier molecular flexibility index (Phi) is 6.09. The normalized spacial score (nSPS) is 14.9. The number of anilines is 1. The Hall–Kier alpha value is -3.85. The van der Waals surface area contributed by atoms with Gasteiger partial charge in [-0.3, -0.25) is 10.5 Å². The van der Waals surface area contributed by atoms with Gasteiger partial charge in [0.2, 0.25) is 5.91 Å². The summed E-state index contributed by atoms with van der Waals surface area (Å²) in [5.41, 5.74) is 8.47. The van der Waals surface area contributed by atoms with E-state index in [1.165, 1.54) is 6.07 Å². The van der Waals surface area contributed by atoms with Crippen molar-refractivity contribution in [2.75, 3.05) is 5.73 Å². The molecule has 2 heterocycles. The number of hydrogen-bond donors (Lipinski definition) is 4. The van der Waals surface area contributed by atoms with Gasteiger partial charge in [0.05, 0.1) is 24.1 Å². The van der Waals surface area contributed by atoms with Crippen molar-refractivity contribution in [1.29, 1.82) is 0 Å². The second-order valence-electron chi connectivity index (χ2n) is 7.73. The van der Waals surface area contributed by atoms with Crippen LogP contribution in [0.15, 0.2) is 66.9 Å². The van der Waals surface area contributed by atoms with E-state index in [-0.39, 0.29) is 30.1 Å². The number of para-hydroxylation sites is 1. The van der Waals surface area contributed by atoms with Gasteiger partial charge < -0.3 is 20.1 Å². The average molecular weight is 432 g/mol. The number of amides is 1. The Balaban J connectivity index is 1.37. The minimum absolute atomic E-state index is 0.0122. The topological polar surface area (TPSA) is 126 Å². The number of benzene rings is 2. The van der Waals surface area contributed by atoms with Gasteiger partial charge in [-0.1, -0.05) is 42.5 Å². The van der Waals surface area contributed by atoms with Crippen LogP contribution in [0.25, 0.3) is 0 Å². The lowest BCUT2D eigenvalue weighted by Gasteiger charge is -2.28. The van der Waals surface area contributed by atoms with Gasteiger partial charge in [-0.2, -0.15) is 0 Å². The minimum atomic E-state index is -1.33. The van der Waals surface area contributed by atoms with E-state index in [1.807, 2.05) is 53.2 Å². The number of pyridine rings is 1. The fourth-order valence-corrected chi connectivity index (χ4v) is 3.75. The fourth-order valence-electron chi connectivity index (χ4n) is 3.75. The van der Waals surface area contributed by atoms with Crippen LogP contribution in [0.1, 0.15) is 27.0 Å². The fraction of sp³-hybridized carbons (Fsp3) is 0.174. The molecule has 162 valence electrons. The summed E-state index contributed by atoms with van der Waals surface area (Å²) in [7, 11) is -1.33. The minimum Gasteiger partial charge on any atom is -0.534 e. The van der Waals surface area contributed by atoms with Crippen molar-refractivity contribution in [3.05, 3.63) is 89.1 Å². The van der Waals surface area contributed by atoms with E-state index in [0.717, 1.165) is 11.1 Å². The van der Waals surface area contributed by atoms with Gasteiger partial charge in [0.1, 0.15) is 12.3 Å². The molecule has 1 aliphatic heterocycles. The lowest BCUT2D eigenvalue weighted by molar-refractivity contribution is -0.674. The first-order chi connectivity index (χ1) is 15.4. The summed E-state index contributed by atoms with van der Waals surface area (Å²) in [5, 5.41) is 22.4. The molecule has 0 saturated carbocycles. The Labute approximate surface area is 185 Å². The highest BCUT2D eigenvalue weighted by Crippen LogP contribution is 2.30. The molecule has 9 heteroatoms. The first-order valence-electron chi connectivity index (χ1n) is 10.2. The van der Waals surface area contributed by atoms with Crippen LogP contribution in [-0.2, 0) is 24.2 Å². The number of carbonyl (C=O) groups is 2. The number of hydrogen-bond acceptors (Lipinski definition) is 5. The summed E-state index contributed by atoms with van der Waals surface area (Å²) in [4.78, 5) is 23.9. The van der Waals surface area contributed by atoms with Crippen molar-refractivity contribution in [2.45, 2.75) is 25.3 Å². The van der Waals surface area contributed by atoms with E-state index in [4.69, 9.17) is 10.4 Å². The smallest absolute Gasteiger partial charge is 0.534 e. The number of carbonyl (C=O) groups excluding carboxylic acids is 1. The second kappa shape index (κ2) is 9.11. The van der Waals surface area contributed by atoms with Gasteiger partial charge in [-0.05, 0) is 35.2 Å². The average Bonchev–Trinajstić information content (AvgIpc) is 2.76. The van der Waals surface area contributed by atoms with E-state index >= 15 is 0 Å². The van der Waals surface area contributed by atoms with Crippen molar-refractivity contribution in [2.24, 2.45) is 0 Å². The van der Waals surface area contributed by atoms with E-state index in [0.29, 0.717) is 17.9 Å². The molecule has 3 aromatic rings. The highest BCUT2D eigenvalue weighted by Gasteiger charge is 2.37. The third-order valence-corrected chi connectivity index (χ3v) is 5.41. The van der Waals surface area contributed by atoms with Crippen LogP contribution in [0.3, 0.4) is 0 Å². The van der Waals surface area contributed by atoms with Crippen molar-refractivity contribution in [3.63, 3.8) is 0 Å². The highest BCUT2D eigenvalue weighted by molar-refractivity contribution is 6.47. The Morgan fingerprint density at radius 2 is 1.84 bits per heavy atom. The molecule has 1 amide bonds. The number of nitrogen functional groups attached to an aromatic ring is 1. The van der Waals surface area contributed by atoms with E-state index in [2.05, 4.69) is 5.32 Å². The lowest BCUT2D eigenvalue weighted by atomic mass is 9.72. The third-order valence-electron chi connectivity index (χ3n) is 5.41. The predicted octanol–water partition coefficient (Wildman–Crippen LogP) is 0.985. The molecule has 5 N–H and O–H groups in total. The number of nitrogens with one attached hydrogen (secondary N) is 1. The molecule has 4 rings (SSSR count). The van der Waals surface area contributed by atoms with Crippen molar-refractivity contribution < 1.29 is 28.9 Å². The summed E-state index contributed by atoms with van der Waals surface area (Å²) in [6, 6.07) is 18.1. The van der Waals surface area contributed by atoms with Gasteiger partial charge in [0, 0.05) is 6.07 Å². The quantitative estimate of drug-likeness (QED) is 0.340. The maximum Gasteiger partial charge on any atom is 0.547 e. The molecule has 0 spiro atoms. The summed E-state index contributed by atoms with van der Waals surface area (Å²) in [6.45, 7) is 0.627. The zero-order valence-electron chi connectivity index (χ0n) is 17.3. The number of nitrogens with zero attached hydrogens (tertiary/aromatic N) is 1. The third kappa shape index (κ3) is 4.73. The van der Waals surface area contributed by atoms with Crippen LogP contribution in [0.4, 0.5) is 5.82 Å². The molecule has 0 saturated heterocycles. The molecule has 0 bridgehead atoms. The molecule has 0 fully saturated rings. The van der Waals surface area contributed by atoms with Gasteiger partial charge >= 0.3 is 13.1 Å². The Morgan fingerprint density at radius 3 is 2.56 bits per heavy atom. The number of aromatic nitrogens is 1. The number of nitrogens with two attached hydrogens (primary N) is 1. The summed E-state index contributed by atoms with van der Waals surface area (Å²) in [6.07, 6.45) is 2.33. The zero-order chi connectivity index (χ0) is 22.7. The maximum absolute atomic E-state index is 12.5. The number of aromatic carboxylic acids is 1. The highest BCUT2D eigenvalue weighted by atomic mass is 16.5. The molecule has 0 radical (unpaired) electrons. The summed E-state index contributed by atoms with van der Waals surface area (Å²) < 4.78 is 7.35. The van der Waals surface area contributed by atoms with Crippen LogP contribution in [0.5, 0.6) is 5.75 Å². The monoisotopic (exact) mass is 432 g/mol. The van der Waals surface area contributed by atoms with Crippen molar-refractivity contribution in [3.8, 4) is 5.75 Å². The number of fused-ring (bicyclic) bond motifs is 1. The molecule has 0 aliphatic carbocycles. The lowest BCUT2D eigenvalue weighted by Crippen LogP contribution is -2.53. The number of rotatable bonds is 6. The Morgan fingerprint density at radius 1 is 1.09 bits per heavy atom. The molecule has 1 aliphatic rings. The summed E-state index contributed by atoms with van der Waals surface area (Å²) >= 11 is 0. The molecular weight excluding hydrogens is 409 g/mol. The van der Waals surface area contributed by atoms with Crippen molar-refractivity contribution >= 4 is 24.8 Å². The maximum atomic E-state index is 12.5. The van der Waals surface area contributed by atoms with Crippen LogP contribution in [0, 0.1) is 0 Å². The van der Waals surface area contributed by atoms with Crippen LogP contribution < -0.4 is 20.3 Å². The molecular formula is C23H23BN3O5+. The van der Waals surface area contributed by atoms with Gasteiger partial charge in [-0.25, -0.2) is 9.36 Å². The Bertz CT molecular complexity index is 1150. The molecule has 1 atom stereocenters. The van der Waals surface area contributed by atoms with Gasteiger partial charge in [-0.15, -0.1) is 0 Å². The first kappa shape index (κ1) is 21.4. The van der Waals surface area contributed by atoms with E-state index in [9.17, 15) is 19.7 Å². The summed E-state index contributed by atoms with van der Waals surface area (Å²) in [5.74, 6) is -1.25. The predicted molar refractivity (Wildman–Crippen MR) is 118 cm³/mol. The first-order valence-corrected chi connectivity index (χ1v) is 10.2.